The average Bonchev–Trinajstić information content (AvgIpc) is 3.21. The summed E-state index contributed by atoms with van der Waals surface area (Å²) in [5.41, 5.74) is 0.944. The summed E-state index contributed by atoms with van der Waals surface area (Å²) in [4.78, 5) is 40.1. The Hall–Kier alpha value is -2.52. The van der Waals surface area contributed by atoms with Crippen LogP contribution in [0.4, 0.5) is 11.8 Å². The lowest BCUT2D eigenvalue weighted by molar-refractivity contribution is 0.0690. The smallest absolute Gasteiger partial charge is 0.354 e. The van der Waals surface area contributed by atoms with Gasteiger partial charge in [0.15, 0.2) is 5.69 Å². The van der Waals surface area contributed by atoms with E-state index in [0.29, 0.717) is 35.6 Å². The van der Waals surface area contributed by atoms with E-state index in [2.05, 4.69) is 25.2 Å². The number of H-pyrrole nitrogens is 1. The van der Waals surface area contributed by atoms with E-state index >= 15 is 0 Å². The maximum atomic E-state index is 12.6. The lowest BCUT2D eigenvalue weighted by atomic mass is 10.3. The Balaban J connectivity index is 1.27. The summed E-state index contributed by atoms with van der Waals surface area (Å²) in [6, 6.07) is 1.59. The Morgan fingerprint density at radius 1 is 1.13 bits per heavy atom. The zero-order chi connectivity index (χ0) is 21.9. The third-order valence-electron chi connectivity index (χ3n) is 6.41. The molecule has 0 radical (unpaired) electrons. The Kier molecular flexibility index (Phi) is 4.97. The number of amides is 1. The Morgan fingerprint density at radius 3 is 2.39 bits per heavy atom. The first-order chi connectivity index (χ1) is 14.8. The number of aryl methyl sites for hydroxylation is 1. The van der Waals surface area contributed by atoms with Crippen molar-refractivity contribution in [3.05, 3.63) is 33.2 Å². The molecule has 164 valence electrons. The van der Waals surface area contributed by atoms with Crippen molar-refractivity contribution in [3.8, 4) is 0 Å². The van der Waals surface area contributed by atoms with E-state index in [0.717, 1.165) is 25.9 Å². The number of carbonyl (C=O) groups excluding carboxylic acids is 1. The molecule has 4 heterocycles. The van der Waals surface area contributed by atoms with Gasteiger partial charge in [0.1, 0.15) is 11.5 Å². The molecule has 3 N–H and O–H groups in total. The second-order valence-corrected chi connectivity index (χ2v) is 9.15. The zero-order valence-electron chi connectivity index (χ0n) is 16.9. The molecule has 1 amide bonds. The number of aromatic nitrogens is 3. The van der Waals surface area contributed by atoms with Crippen LogP contribution in [0, 0.1) is 18.8 Å². The minimum absolute atomic E-state index is 0.00552. The van der Waals surface area contributed by atoms with E-state index < -0.39 is 5.97 Å². The standard InChI is InChI=1S/C20H22Cl2N6O3/c1-9-14(21)15(22)17(23-9)18(29)26-16-10-7-28(8-11(10)16)13-6-12(19(30)31)24-20(25-13)27-4-2-3-5-27/h6,10-11,16,23H,2-5,7-8H2,1H3,(H,26,29)(H,30,31)/t10-,11+,16?. The van der Waals surface area contributed by atoms with E-state index in [4.69, 9.17) is 23.2 Å². The van der Waals surface area contributed by atoms with Crippen molar-refractivity contribution in [2.75, 3.05) is 36.0 Å². The molecule has 0 aromatic carbocycles. The van der Waals surface area contributed by atoms with E-state index in [1.165, 1.54) is 6.07 Å². The van der Waals surface area contributed by atoms with Gasteiger partial charge in [-0.2, -0.15) is 4.98 Å². The molecule has 2 aromatic rings. The summed E-state index contributed by atoms with van der Waals surface area (Å²) in [7, 11) is 0. The largest absolute Gasteiger partial charge is 0.477 e. The molecule has 1 saturated carbocycles. The summed E-state index contributed by atoms with van der Waals surface area (Å²) in [5, 5.41) is 13.1. The summed E-state index contributed by atoms with van der Waals surface area (Å²) >= 11 is 12.2. The molecular formula is C20H22Cl2N6O3. The minimum Gasteiger partial charge on any atom is -0.477 e. The minimum atomic E-state index is -1.06. The number of hydrogen-bond donors (Lipinski definition) is 3. The number of nitrogens with zero attached hydrogens (tertiary/aromatic N) is 4. The Labute approximate surface area is 188 Å². The van der Waals surface area contributed by atoms with E-state index in [9.17, 15) is 14.7 Å². The van der Waals surface area contributed by atoms with Gasteiger partial charge in [-0.25, -0.2) is 9.78 Å². The topological polar surface area (TPSA) is 114 Å². The fraction of sp³-hybridized carbons (Fsp3) is 0.500. The van der Waals surface area contributed by atoms with Gasteiger partial charge in [-0.1, -0.05) is 23.2 Å². The fourth-order valence-electron chi connectivity index (χ4n) is 4.63. The van der Waals surface area contributed by atoms with Crippen LogP contribution in [0.5, 0.6) is 0 Å². The molecule has 5 rings (SSSR count). The van der Waals surface area contributed by atoms with Crippen LogP contribution >= 0.6 is 23.2 Å². The first-order valence-electron chi connectivity index (χ1n) is 10.3. The Morgan fingerprint density at radius 2 is 1.81 bits per heavy atom. The van der Waals surface area contributed by atoms with Crippen LogP contribution in [-0.4, -0.2) is 64.2 Å². The van der Waals surface area contributed by atoms with Gasteiger partial charge >= 0.3 is 5.97 Å². The highest BCUT2D eigenvalue weighted by Gasteiger charge is 2.57. The maximum Gasteiger partial charge on any atom is 0.354 e. The summed E-state index contributed by atoms with van der Waals surface area (Å²) in [6.07, 6.45) is 2.11. The number of halogens is 2. The van der Waals surface area contributed by atoms with Crippen molar-refractivity contribution in [2.24, 2.45) is 11.8 Å². The van der Waals surface area contributed by atoms with Crippen LogP contribution in [0.1, 0.15) is 39.5 Å². The maximum absolute atomic E-state index is 12.6. The number of carboxylic acid groups (broad SMARTS) is 1. The lowest BCUT2D eigenvalue weighted by Gasteiger charge is -2.23. The average molecular weight is 465 g/mol. The number of piperidine rings is 1. The summed E-state index contributed by atoms with van der Waals surface area (Å²) < 4.78 is 0. The number of aromatic amines is 1. The molecule has 3 atom stereocenters. The SMILES string of the molecule is Cc1[nH]c(C(=O)NC2[C@H]3CN(c4cc(C(=O)O)nc(N5CCCC5)n4)C[C@@H]23)c(Cl)c1Cl. The molecule has 11 heteroatoms. The van der Waals surface area contributed by atoms with E-state index in [1.54, 1.807) is 6.92 Å². The number of carbonyl (C=O) groups is 2. The van der Waals surface area contributed by atoms with E-state index in [-0.39, 0.29) is 40.2 Å². The molecule has 3 aliphatic rings. The number of hydrogen-bond acceptors (Lipinski definition) is 6. The zero-order valence-corrected chi connectivity index (χ0v) is 18.4. The van der Waals surface area contributed by atoms with Gasteiger partial charge < -0.3 is 25.2 Å². The first kappa shape index (κ1) is 20.4. The van der Waals surface area contributed by atoms with Crippen LogP contribution in [0.3, 0.4) is 0 Å². The van der Waals surface area contributed by atoms with Crippen LogP contribution in [-0.2, 0) is 0 Å². The first-order valence-corrected chi connectivity index (χ1v) is 11.1. The number of anilines is 2. The second kappa shape index (κ2) is 7.56. The van der Waals surface area contributed by atoms with Gasteiger partial charge in [-0.3, -0.25) is 4.79 Å². The molecule has 31 heavy (non-hydrogen) atoms. The van der Waals surface area contributed by atoms with E-state index in [1.807, 2.05) is 4.90 Å². The molecule has 3 fully saturated rings. The predicted octanol–water partition coefficient (Wildman–Crippen LogP) is 2.58. The van der Waals surface area contributed by atoms with Crippen molar-refractivity contribution in [2.45, 2.75) is 25.8 Å². The monoisotopic (exact) mass is 464 g/mol. The third-order valence-corrected chi connectivity index (χ3v) is 7.35. The molecule has 9 nitrogen and oxygen atoms in total. The van der Waals surface area contributed by atoms with Crippen LogP contribution < -0.4 is 15.1 Å². The number of fused-ring (bicyclic) bond motifs is 1. The fourth-order valence-corrected chi connectivity index (χ4v) is 5.05. The van der Waals surface area contributed by atoms with Crippen molar-refractivity contribution in [1.29, 1.82) is 0 Å². The van der Waals surface area contributed by atoms with Crippen molar-refractivity contribution >= 4 is 46.8 Å². The molecule has 2 saturated heterocycles. The molecule has 0 spiro atoms. The van der Waals surface area contributed by atoms with Crippen molar-refractivity contribution in [1.82, 2.24) is 20.3 Å². The molecular weight excluding hydrogens is 443 g/mol. The molecule has 1 aliphatic carbocycles. The predicted molar refractivity (Wildman–Crippen MR) is 116 cm³/mol. The second-order valence-electron chi connectivity index (χ2n) is 8.40. The molecule has 0 bridgehead atoms. The number of aromatic carboxylic acids is 1. The molecule has 2 aliphatic heterocycles. The van der Waals surface area contributed by atoms with Gasteiger partial charge in [-0.05, 0) is 19.8 Å². The molecule has 2 aromatic heterocycles. The number of carboxylic acids is 1. The van der Waals surface area contributed by atoms with Gasteiger partial charge in [0.2, 0.25) is 5.95 Å². The normalized spacial score (nSPS) is 24.4. The Bertz CT molecular complexity index is 1060. The van der Waals surface area contributed by atoms with Gasteiger partial charge in [0, 0.05) is 55.8 Å². The van der Waals surface area contributed by atoms with Crippen molar-refractivity contribution in [3.63, 3.8) is 0 Å². The number of rotatable bonds is 5. The highest BCUT2D eigenvalue weighted by atomic mass is 35.5. The van der Waals surface area contributed by atoms with Crippen LogP contribution in [0.2, 0.25) is 10.0 Å². The third kappa shape index (κ3) is 3.59. The summed E-state index contributed by atoms with van der Waals surface area (Å²) in [5.74, 6) is 0.348. The van der Waals surface area contributed by atoms with Gasteiger partial charge in [0.05, 0.1) is 10.0 Å². The quantitative estimate of drug-likeness (QED) is 0.622. The number of nitrogens with one attached hydrogen (secondary N) is 2. The van der Waals surface area contributed by atoms with Gasteiger partial charge in [0.25, 0.3) is 5.91 Å². The van der Waals surface area contributed by atoms with Gasteiger partial charge in [-0.15, -0.1) is 0 Å². The van der Waals surface area contributed by atoms with Crippen LogP contribution in [0.25, 0.3) is 0 Å². The lowest BCUT2D eigenvalue weighted by Crippen LogP contribution is -2.35. The molecule has 1 unspecified atom stereocenters. The highest BCUT2D eigenvalue weighted by molar-refractivity contribution is 6.44. The van der Waals surface area contributed by atoms with Crippen LogP contribution in [0.15, 0.2) is 6.07 Å². The highest BCUT2D eigenvalue weighted by Crippen LogP contribution is 2.47. The van der Waals surface area contributed by atoms with Crippen molar-refractivity contribution < 1.29 is 14.7 Å². The summed E-state index contributed by atoms with van der Waals surface area (Å²) in [6.45, 7) is 4.84.